The molecule has 3 rings (SSSR count). The number of hydrogen-bond acceptors (Lipinski definition) is 4. The second-order valence-corrected chi connectivity index (χ2v) is 7.51. The van der Waals surface area contributed by atoms with Crippen molar-refractivity contribution in [2.24, 2.45) is 0 Å². The molecule has 0 fully saturated rings. The van der Waals surface area contributed by atoms with Gasteiger partial charge in [-0.3, -0.25) is 4.98 Å². The molecule has 0 bridgehead atoms. The first-order valence-electron chi connectivity index (χ1n) is 9.20. The molecule has 0 spiro atoms. The van der Waals surface area contributed by atoms with Gasteiger partial charge < -0.3 is 14.8 Å². The summed E-state index contributed by atoms with van der Waals surface area (Å²) in [5.74, 6) is 0.700. The van der Waals surface area contributed by atoms with Crippen molar-refractivity contribution in [1.29, 1.82) is 0 Å². The van der Waals surface area contributed by atoms with Crippen molar-refractivity contribution in [3.05, 3.63) is 86.9 Å². The fraction of sp³-hybridized carbons (Fsp3) is 0.227. The third-order valence-electron chi connectivity index (χ3n) is 4.15. The van der Waals surface area contributed by atoms with E-state index in [1.54, 1.807) is 18.3 Å². The van der Waals surface area contributed by atoms with Crippen LogP contribution in [0.1, 0.15) is 23.7 Å². The SMILES string of the molecule is CCOc1cc(CNCc2ccccn2)cc(Br)c1OCc1c(F)cccc1Cl. The lowest BCUT2D eigenvalue weighted by Gasteiger charge is -2.16. The Hall–Kier alpha value is -2.15. The van der Waals surface area contributed by atoms with Gasteiger partial charge in [-0.25, -0.2) is 4.39 Å². The number of benzene rings is 2. The summed E-state index contributed by atoms with van der Waals surface area (Å²) in [6, 6.07) is 14.3. The van der Waals surface area contributed by atoms with Crippen LogP contribution < -0.4 is 14.8 Å². The molecule has 0 radical (unpaired) electrons. The zero-order chi connectivity index (χ0) is 20.6. The molecule has 4 nitrogen and oxygen atoms in total. The predicted octanol–water partition coefficient (Wildman–Crippen LogP) is 5.90. The lowest BCUT2D eigenvalue weighted by Crippen LogP contribution is -2.14. The summed E-state index contributed by atoms with van der Waals surface area (Å²) in [6.45, 7) is 3.67. The predicted molar refractivity (Wildman–Crippen MR) is 116 cm³/mol. The van der Waals surface area contributed by atoms with Crippen molar-refractivity contribution in [3.63, 3.8) is 0 Å². The van der Waals surface area contributed by atoms with Gasteiger partial charge in [-0.2, -0.15) is 0 Å². The Morgan fingerprint density at radius 3 is 2.69 bits per heavy atom. The molecule has 2 aromatic carbocycles. The standard InChI is InChI=1S/C22H21BrClFN2O2/c1-2-28-21-11-15(12-26-13-16-6-3-4-9-27-16)10-18(23)22(21)29-14-17-19(24)7-5-8-20(17)25/h3-11,26H,2,12-14H2,1H3. The van der Waals surface area contributed by atoms with Crippen LogP contribution in [0.15, 0.2) is 59.2 Å². The number of rotatable bonds is 9. The molecule has 0 atom stereocenters. The van der Waals surface area contributed by atoms with Gasteiger partial charge in [0.15, 0.2) is 11.5 Å². The number of ether oxygens (including phenoxy) is 2. The molecular weight excluding hydrogens is 459 g/mol. The molecule has 152 valence electrons. The maximum atomic E-state index is 14.0. The van der Waals surface area contributed by atoms with Crippen LogP contribution in [0.5, 0.6) is 11.5 Å². The second kappa shape index (κ2) is 10.6. The number of aromatic nitrogens is 1. The van der Waals surface area contributed by atoms with E-state index in [4.69, 9.17) is 21.1 Å². The Kier molecular flexibility index (Phi) is 7.86. The van der Waals surface area contributed by atoms with Gasteiger partial charge in [0.1, 0.15) is 12.4 Å². The fourth-order valence-electron chi connectivity index (χ4n) is 2.78. The summed E-state index contributed by atoms with van der Waals surface area (Å²) in [5, 5.41) is 3.69. The van der Waals surface area contributed by atoms with E-state index in [0.717, 1.165) is 15.7 Å². The largest absolute Gasteiger partial charge is 0.490 e. The van der Waals surface area contributed by atoms with Crippen molar-refractivity contribution < 1.29 is 13.9 Å². The van der Waals surface area contributed by atoms with Gasteiger partial charge in [0.2, 0.25) is 0 Å². The van der Waals surface area contributed by atoms with Crippen LogP contribution >= 0.6 is 27.5 Å². The molecule has 0 unspecified atom stereocenters. The van der Waals surface area contributed by atoms with Gasteiger partial charge in [0.05, 0.1) is 21.8 Å². The first kappa shape index (κ1) is 21.6. The van der Waals surface area contributed by atoms with Crippen molar-refractivity contribution in [1.82, 2.24) is 10.3 Å². The Labute approximate surface area is 183 Å². The minimum absolute atomic E-state index is 0.00144. The van der Waals surface area contributed by atoms with E-state index in [1.165, 1.54) is 6.07 Å². The van der Waals surface area contributed by atoms with E-state index in [1.807, 2.05) is 37.3 Å². The average molecular weight is 480 g/mol. The number of pyridine rings is 1. The van der Waals surface area contributed by atoms with Crippen molar-refractivity contribution >= 4 is 27.5 Å². The van der Waals surface area contributed by atoms with E-state index in [-0.39, 0.29) is 6.61 Å². The fourth-order valence-corrected chi connectivity index (χ4v) is 3.60. The molecule has 0 aliphatic rings. The number of nitrogens with one attached hydrogen (secondary N) is 1. The third kappa shape index (κ3) is 5.92. The van der Waals surface area contributed by atoms with E-state index >= 15 is 0 Å². The van der Waals surface area contributed by atoms with Crippen molar-refractivity contribution in [3.8, 4) is 11.5 Å². The highest BCUT2D eigenvalue weighted by Gasteiger charge is 2.15. The van der Waals surface area contributed by atoms with E-state index in [0.29, 0.717) is 41.8 Å². The molecule has 7 heteroatoms. The van der Waals surface area contributed by atoms with Crippen LogP contribution in [0.4, 0.5) is 4.39 Å². The number of hydrogen-bond donors (Lipinski definition) is 1. The lowest BCUT2D eigenvalue weighted by molar-refractivity contribution is 0.264. The van der Waals surface area contributed by atoms with Crippen LogP contribution in [0, 0.1) is 5.82 Å². The maximum absolute atomic E-state index is 14.0. The summed E-state index contributed by atoms with van der Waals surface area (Å²) in [5.41, 5.74) is 2.30. The van der Waals surface area contributed by atoms with Crippen molar-refractivity contribution in [2.75, 3.05) is 6.61 Å². The number of nitrogens with zero attached hydrogens (tertiary/aromatic N) is 1. The Bertz CT molecular complexity index is 937. The maximum Gasteiger partial charge on any atom is 0.175 e. The summed E-state index contributed by atoms with van der Waals surface area (Å²) < 4.78 is 26.4. The van der Waals surface area contributed by atoms with Gasteiger partial charge in [0.25, 0.3) is 0 Å². The zero-order valence-electron chi connectivity index (χ0n) is 15.9. The van der Waals surface area contributed by atoms with Crippen LogP contribution in [-0.2, 0) is 19.7 Å². The molecule has 0 aliphatic heterocycles. The zero-order valence-corrected chi connectivity index (χ0v) is 18.3. The molecule has 29 heavy (non-hydrogen) atoms. The molecule has 0 saturated carbocycles. The van der Waals surface area contributed by atoms with Crippen LogP contribution in [0.25, 0.3) is 0 Å². The smallest absolute Gasteiger partial charge is 0.175 e. The van der Waals surface area contributed by atoms with E-state index in [2.05, 4.69) is 26.2 Å². The third-order valence-corrected chi connectivity index (χ3v) is 5.10. The monoisotopic (exact) mass is 478 g/mol. The molecule has 3 aromatic rings. The first-order chi connectivity index (χ1) is 14.1. The minimum atomic E-state index is -0.401. The minimum Gasteiger partial charge on any atom is -0.490 e. The van der Waals surface area contributed by atoms with Crippen molar-refractivity contribution in [2.45, 2.75) is 26.6 Å². The second-order valence-electron chi connectivity index (χ2n) is 6.25. The summed E-state index contributed by atoms with van der Waals surface area (Å²) in [4.78, 5) is 4.30. The van der Waals surface area contributed by atoms with Gasteiger partial charge >= 0.3 is 0 Å². The Morgan fingerprint density at radius 2 is 1.97 bits per heavy atom. The summed E-state index contributed by atoms with van der Waals surface area (Å²) in [7, 11) is 0. The van der Waals surface area contributed by atoms with Gasteiger partial charge in [-0.05, 0) is 64.8 Å². The highest BCUT2D eigenvalue weighted by molar-refractivity contribution is 9.10. The average Bonchev–Trinajstić information content (AvgIpc) is 2.70. The molecule has 0 amide bonds. The number of halogens is 3. The highest BCUT2D eigenvalue weighted by atomic mass is 79.9. The van der Waals surface area contributed by atoms with Crippen LogP contribution in [0.3, 0.4) is 0 Å². The molecule has 0 saturated heterocycles. The molecule has 1 aromatic heterocycles. The molecule has 0 aliphatic carbocycles. The highest BCUT2D eigenvalue weighted by Crippen LogP contribution is 2.38. The topological polar surface area (TPSA) is 43.4 Å². The van der Waals surface area contributed by atoms with Crippen LogP contribution in [0.2, 0.25) is 5.02 Å². The summed E-state index contributed by atoms with van der Waals surface area (Å²) in [6.07, 6.45) is 1.77. The molecular formula is C22H21BrClFN2O2. The van der Waals surface area contributed by atoms with Crippen LogP contribution in [-0.4, -0.2) is 11.6 Å². The van der Waals surface area contributed by atoms with Gasteiger partial charge in [0, 0.05) is 24.8 Å². The Morgan fingerprint density at radius 1 is 1.10 bits per heavy atom. The van der Waals surface area contributed by atoms with E-state index in [9.17, 15) is 4.39 Å². The van der Waals surface area contributed by atoms with E-state index < -0.39 is 5.82 Å². The quantitative estimate of drug-likeness (QED) is 0.415. The lowest BCUT2D eigenvalue weighted by atomic mass is 10.2. The van der Waals surface area contributed by atoms with Gasteiger partial charge in [-0.15, -0.1) is 0 Å². The summed E-state index contributed by atoms with van der Waals surface area (Å²) >= 11 is 9.64. The Balaban J connectivity index is 1.72. The first-order valence-corrected chi connectivity index (χ1v) is 10.4. The molecule has 1 heterocycles. The van der Waals surface area contributed by atoms with Gasteiger partial charge in [-0.1, -0.05) is 23.7 Å². The molecule has 1 N–H and O–H groups in total. The normalized spacial score (nSPS) is 10.8.